The molecular weight excluding hydrogens is 527 g/mol. The Labute approximate surface area is 215 Å². The Morgan fingerprint density at radius 1 is 1.12 bits per heavy atom. The highest BCUT2D eigenvalue weighted by Crippen LogP contribution is 2.24. The molecule has 1 saturated heterocycles. The predicted molar refractivity (Wildman–Crippen MR) is 145 cm³/mol. The largest absolute Gasteiger partial charge is 0.357 e. The number of guanidine groups is 1. The molecule has 1 unspecified atom stereocenters. The van der Waals surface area contributed by atoms with Crippen molar-refractivity contribution in [3.05, 3.63) is 66.0 Å². The average molecular weight is 565 g/mol. The van der Waals surface area contributed by atoms with Crippen LogP contribution in [0, 0.1) is 0 Å². The third-order valence-corrected chi connectivity index (χ3v) is 5.80. The molecule has 0 bridgehead atoms. The van der Waals surface area contributed by atoms with Gasteiger partial charge < -0.3 is 15.5 Å². The van der Waals surface area contributed by atoms with E-state index in [0.717, 1.165) is 38.3 Å². The van der Waals surface area contributed by atoms with Crippen molar-refractivity contribution in [1.29, 1.82) is 0 Å². The monoisotopic (exact) mass is 564 g/mol. The van der Waals surface area contributed by atoms with Crippen LogP contribution in [0.5, 0.6) is 0 Å². The van der Waals surface area contributed by atoms with Crippen molar-refractivity contribution in [2.24, 2.45) is 4.99 Å². The first-order valence-corrected chi connectivity index (χ1v) is 11.6. The Morgan fingerprint density at radius 3 is 2.52 bits per heavy atom. The van der Waals surface area contributed by atoms with Crippen LogP contribution >= 0.6 is 24.0 Å². The molecule has 1 aromatic heterocycles. The summed E-state index contributed by atoms with van der Waals surface area (Å²) in [6.07, 6.45) is 5.01. The molecular formula is C25H37IN6O. The van der Waals surface area contributed by atoms with Gasteiger partial charge in [0, 0.05) is 45.0 Å². The Kier molecular flexibility index (Phi) is 12.2. The van der Waals surface area contributed by atoms with E-state index in [4.69, 9.17) is 0 Å². The van der Waals surface area contributed by atoms with Gasteiger partial charge >= 0.3 is 0 Å². The van der Waals surface area contributed by atoms with Crippen LogP contribution < -0.4 is 10.6 Å². The number of nitrogens with one attached hydrogen (secondary N) is 2. The third kappa shape index (κ3) is 8.92. The van der Waals surface area contributed by atoms with E-state index in [1.54, 1.807) is 11.1 Å². The van der Waals surface area contributed by atoms with Crippen molar-refractivity contribution < 1.29 is 4.79 Å². The number of aromatic nitrogens is 1. The number of carbonyl (C=O) groups is 1. The van der Waals surface area contributed by atoms with Crippen molar-refractivity contribution >= 4 is 35.8 Å². The van der Waals surface area contributed by atoms with Gasteiger partial charge in [-0.05, 0) is 50.6 Å². The molecule has 0 aliphatic carbocycles. The molecule has 1 atom stereocenters. The minimum Gasteiger partial charge on any atom is -0.357 e. The Bertz CT molecular complexity index is 842. The molecule has 180 valence electrons. The molecule has 1 aromatic carbocycles. The topological polar surface area (TPSA) is 72.9 Å². The molecule has 3 rings (SSSR count). The van der Waals surface area contributed by atoms with Gasteiger partial charge in [-0.25, -0.2) is 4.99 Å². The second-order valence-corrected chi connectivity index (χ2v) is 8.13. The van der Waals surface area contributed by atoms with Crippen LogP contribution in [0.15, 0.2) is 59.7 Å². The molecule has 2 N–H and O–H groups in total. The van der Waals surface area contributed by atoms with E-state index in [2.05, 4.69) is 55.8 Å². The summed E-state index contributed by atoms with van der Waals surface area (Å²) in [6, 6.07) is 16.8. The van der Waals surface area contributed by atoms with Crippen LogP contribution in [0.2, 0.25) is 0 Å². The smallest absolute Gasteiger partial charge is 0.244 e. The van der Waals surface area contributed by atoms with Crippen LogP contribution in [-0.2, 0) is 11.2 Å². The van der Waals surface area contributed by atoms with Gasteiger partial charge in [-0.2, -0.15) is 0 Å². The minimum absolute atomic E-state index is 0. The number of aliphatic imine (C=N–C) groups is 1. The molecule has 0 spiro atoms. The fourth-order valence-corrected chi connectivity index (χ4v) is 3.94. The van der Waals surface area contributed by atoms with Gasteiger partial charge in [0.1, 0.15) is 6.54 Å². The summed E-state index contributed by atoms with van der Waals surface area (Å²) >= 11 is 0. The zero-order chi connectivity index (χ0) is 22.6. The maximum Gasteiger partial charge on any atom is 0.244 e. The first-order chi connectivity index (χ1) is 15.7. The lowest BCUT2D eigenvalue weighted by atomic mass is 10.1. The number of carbonyl (C=O) groups excluding carboxylic acids is 1. The van der Waals surface area contributed by atoms with E-state index in [1.165, 1.54) is 18.4 Å². The normalized spacial score (nSPS) is 14.9. The Morgan fingerprint density at radius 2 is 1.85 bits per heavy atom. The summed E-state index contributed by atoms with van der Waals surface area (Å²) in [4.78, 5) is 25.7. The van der Waals surface area contributed by atoms with E-state index in [-0.39, 0.29) is 36.4 Å². The van der Waals surface area contributed by atoms with Crippen molar-refractivity contribution in [3.8, 4) is 0 Å². The van der Waals surface area contributed by atoms with Gasteiger partial charge in [-0.1, -0.05) is 36.4 Å². The molecule has 2 aromatic rings. The summed E-state index contributed by atoms with van der Waals surface area (Å²) < 4.78 is 0. The molecule has 7 nitrogen and oxygen atoms in total. The van der Waals surface area contributed by atoms with E-state index >= 15 is 0 Å². The second-order valence-electron chi connectivity index (χ2n) is 8.13. The number of likely N-dealkylation sites (N-methyl/N-ethyl adjacent to an activating group) is 1. The summed E-state index contributed by atoms with van der Waals surface area (Å²) in [7, 11) is 1.82. The molecule has 0 saturated carbocycles. The summed E-state index contributed by atoms with van der Waals surface area (Å²) in [5.74, 6) is 0.677. The Balaban J connectivity index is 0.00000385. The maximum atomic E-state index is 12.6. The highest BCUT2D eigenvalue weighted by atomic mass is 127. The van der Waals surface area contributed by atoms with Gasteiger partial charge in [-0.3, -0.25) is 14.7 Å². The number of pyridine rings is 1. The van der Waals surface area contributed by atoms with E-state index in [1.807, 2.05) is 32.2 Å². The molecule has 8 heteroatoms. The van der Waals surface area contributed by atoms with Crippen molar-refractivity contribution in [1.82, 2.24) is 25.4 Å². The second kappa shape index (κ2) is 14.8. The quantitative estimate of drug-likeness (QED) is 0.264. The highest BCUT2D eigenvalue weighted by molar-refractivity contribution is 14.0. The maximum absolute atomic E-state index is 12.6. The number of hydrogen-bond acceptors (Lipinski definition) is 4. The molecule has 1 aliphatic heterocycles. The molecule has 0 radical (unpaired) electrons. The summed E-state index contributed by atoms with van der Waals surface area (Å²) in [5, 5.41) is 6.74. The standard InChI is InChI=1S/C25H36N6O.HI/c1-3-26-25(29-20-24(32)30(2)18-14-22-13-7-8-15-27-22)28-19-23(31-16-9-10-17-31)21-11-5-4-6-12-21;/h4-8,11-13,15,23H,3,9-10,14,16-20H2,1-2H3,(H2,26,28,29);1H. The highest BCUT2D eigenvalue weighted by Gasteiger charge is 2.23. The predicted octanol–water partition coefficient (Wildman–Crippen LogP) is 3.09. The summed E-state index contributed by atoms with van der Waals surface area (Å²) in [6.45, 7) is 6.51. The lowest BCUT2D eigenvalue weighted by molar-refractivity contribution is -0.128. The van der Waals surface area contributed by atoms with Crippen molar-refractivity contribution in [2.45, 2.75) is 32.2 Å². The number of halogens is 1. The molecule has 33 heavy (non-hydrogen) atoms. The van der Waals surface area contributed by atoms with Crippen LogP contribution in [0.3, 0.4) is 0 Å². The number of likely N-dealkylation sites (tertiary alicyclic amines) is 1. The van der Waals surface area contributed by atoms with E-state index < -0.39 is 0 Å². The first kappa shape index (κ1) is 27.0. The van der Waals surface area contributed by atoms with E-state index in [9.17, 15) is 4.79 Å². The van der Waals surface area contributed by atoms with Gasteiger partial charge in [0.05, 0.1) is 6.04 Å². The molecule has 1 fully saturated rings. The van der Waals surface area contributed by atoms with E-state index in [0.29, 0.717) is 18.5 Å². The fraction of sp³-hybridized carbons (Fsp3) is 0.480. The molecule has 2 heterocycles. The third-order valence-electron chi connectivity index (χ3n) is 5.80. The SMILES string of the molecule is CCNC(=NCC(=O)N(C)CCc1ccccn1)NCC(c1ccccc1)N1CCCC1.I. The summed E-state index contributed by atoms with van der Waals surface area (Å²) in [5.41, 5.74) is 2.29. The number of hydrogen-bond donors (Lipinski definition) is 2. The molecule has 1 aliphatic rings. The van der Waals surface area contributed by atoms with Crippen LogP contribution in [-0.4, -0.2) is 73.0 Å². The van der Waals surface area contributed by atoms with Gasteiger partial charge in [0.15, 0.2) is 5.96 Å². The minimum atomic E-state index is -0.00251. The van der Waals surface area contributed by atoms with Crippen molar-refractivity contribution in [2.75, 3.05) is 46.3 Å². The van der Waals surface area contributed by atoms with Gasteiger partial charge in [0.2, 0.25) is 5.91 Å². The zero-order valence-corrected chi connectivity index (χ0v) is 22.1. The number of nitrogens with zero attached hydrogens (tertiary/aromatic N) is 4. The molecule has 1 amide bonds. The zero-order valence-electron chi connectivity index (χ0n) is 19.7. The lowest BCUT2D eigenvalue weighted by Crippen LogP contribution is -2.43. The van der Waals surface area contributed by atoms with Crippen molar-refractivity contribution in [3.63, 3.8) is 0 Å². The fourth-order valence-electron chi connectivity index (χ4n) is 3.94. The van der Waals surface area contributed by atoms with Gasteiger partial charge in [0.25, 0.3) is 0 Å². The first-order valence-electron chi connectivity index (χ1n) is 11.6. The van der Waals surface area contributed by atoms with Crippen LogP contribution in [0.1, 0.15) is 37.1 Å². The lowest BCUT2D eigenvalue weighted by Gasteiger charge is -2.29. The number of rotatable bonds is 10. The van der Waals surface area contributed by atoms with Gasteiger partial charge in [-0.15, -0.1) is 24.0 Å². The van der Waals surface area contributed by atoms with Crippen LogP contribution in [0.25, 0.3) is 0 Å². The van der Waals surface area contributed by atoms with Crippen LogP contribution in [0.4, 0.5) is 0 Å². The average Bonchev–Trinajstić information content (AvgIpc) is 3.37. The number of benzene rings is 1. The number of amides is 1. The Hall–Kier alpha value is -2.20.